The molecule has 2 saturated carbocycles. The molecular formula is C17H30O. The van der Waals surface area contributed by atoms with Gasteiger partial charge in [0.2, 0.25) is 0 Å². The summed E-state index contributed by atoms with van der Waals surface area (Å²) in [5.41, 5.74) is 0. The number of Topliss-reactive ketones (excluding diaryl/α,β-unsaturated/α-hetero) is 1. The lowest BCUT2D eigenvalue weighted by Crippen LogP contribution is -2.32. The minimum Gasteiger partial charge on any atom is -0.299 e. The van der Waals surface area contributed by atoms with Crippen LogP contribution >= 0.6 is 0 Å². The first-order chi connectivity index (χ1) is 8.74. The Bertz CT molecular complexity index is 263. The first-order valence-electron chi connectivity index (χ1n) is 8.27. The molecule has 2 atom stereocenters. The van der Waals surface area contributed by atoms with Gasteiger partial charge in [0, 0.05) is 12.3 Å². The smallest absolute Gasteiger partial charge is 0.136 e. The third-order valence-corrected chi connectivity index (χ3v) is 5.52. The molecule has 0 aromatic rings. The van der Waals surface area contributed by atoms with Crippen molar-refractivity contribution < 1.29 is 4.79 Å². The minimum absolute atomic E-state index is 0.440. The molecule has 0 N–H and O–H groups in total. The Kier molecular flexibility index (Phi) is 5.26. The Hall–Kier alpha value is -0.330. The van der Waals surface area contributed by atoms with Crippen LogP contribution in [-0.2, 0) is 4.79 Å². The molecule has 0 aromatic heterocycles. The maximum Gasteiger partial charge on any atom is 0.136 e. The van der Waals surface area contributed by atoms with Gasteiger partial charge < -0.3 is 0 Å². The van der Waals surface area contributed by atoms with Crippen LogP contribution in [0, 0.1) is 23.7 Å². The summed E-state index contributed by atoms with van der Waals surface area (Å²) >= 11 is 0. The number of rotatable bonds is 4. The number of hydrogen-bond donors (Lipinski definition) is 0. The highest BCUT2D eigenvalue weighted by atomic mass is 16.1. The van der Waals surface area contributed by atoms with Crippen molar-refractivity contribution in [3.63, 3.8) is 0 Å². The molecule has 0 bridgehead atoms. The second-order valence-corrected chi connectivity index (χ2v) is 6.70. The summed E-state index contributed by atoms with van der Waals surface area (Å²) in [7, 11) is 0. The van der Waals surface area contributed by atoms with E-state index in [1.165, 1.54) is 57.8 Å². The van der Waals surface area contributed by atoms with Crippen molar-refractivity contribution in [2.45, 2.75) is 78.1 Å². The molecule has 2 aliphatic carbocycles. The van der Waals surface area contributed by atoms with Crippen molar-refractivity contribution in [2.24, 2.45) is 23.7 Å². The summed E-state index contributed by atoms with van der Waals surface area (Å²) in [6.45, 7) is 4.52. The van der Waals surface area contributed by atoms with Crippen LogP contribution < -0.4 is 0 Å². The van der Waals surface area contributed by atoms with Crippen LogP contribution in [0.1, 0.15) is 78.1 Å². The normalized spacial score (nSPS) is 37.8. The van der Waals surface area contributed by atoms with E-state index >= 15 is 0 Å². The molecule has 2 aliphatic rings. The summed E-state index contributed by atoms with van der Waals surface area (Å²) in [5.74, 6) is 3.45. The second kappa shape index (κ2) is 6.73. The van der Waals surface area contributed by atoms with Crippen molar-refractivity contribution in [1.82, 2.24) is 0 Å². The van der Waals surface area contributed by atoms with E-state index in [2.05, 4.69) is 13.8 Å². The number of ketones is 1. The zero-order valence-corrected chi connectivity index (χ0v) is 12.3. The van der Waals surface area contributed by atoms with E-state index in [9.17, 15) is 4.79 Å². The van der Waals surface area contributed by atoms with E-state index < -0.39 is 0 Å². The molecule has 0 heterocycles. The van der Waals surface area contributed by atoms with Crippen LogP contribution in [0.15, 0.2) is 0 Å². The fourth-order valence-electron chi connectivity index (χ4n) is 4.25. The fourth-order valence-corrected chi connectivity index (χ4v) is 4.25. The molecule has 0 spiro atoms. The number of hydrogen-bond acceptors (Lipinski definition) is 1. The van der Waals surface area contributed by atoms with Crippen molar-refractivity contribution >= 4 is 5.78 Å². The van der Waals surface area contributed by atoms with Gasteiger partial charge in [-0.15, -0.1) is 0 Å². The van der Waals surface area contributed by atoms with Crippen LogP contribution in [0.4, 0.5) is 0 Å². The summed E-state index contributed by atoms with van der Waals surface area (Å²) in [5, 5.41) is 0. The van der Waals surface area contributed by atoms with Gasteiger partial charge >= 0.3 is 0 Å². The molecule has 1 heteroatoms. The van der Waals surface area contributed by atoms with Crippen LogP contribution in [-0.4, -0.2) is 5.78 Å². The Morgan fingerprint density at radius 3 is 2.17 bits per heavy atom. The molecule has 0 radical (unpaired) electrons. The van der Waals surface area contributed by atoms with E-state index in [1.54, 1.807) is 0 Å². The first kappa shape index (κ1) is 14.1. The predicted molar refractivity (Wildman–Crippen MR) is 76.5 cm³/mol. The van der Waals surface area contributed by atoms with Gasteiger partial charge in [0.05, 0.1) is 0 Å². The van der Waals surface area contributed by atoms with Crippen LogP contribution in [0.3, 0.4) is 0 Å². The summed E-state index contributed by atoms with van der Waals surface area (Å²) in [6.07, 6.45) is 12.8. The zero-order valence-electron chi connectivity index (χ0n) is 12.3. The summed E-state index contributed by atoms with van der Waals surface area (Å²) < 4.78 is 0. The fraction of sp³-hybridized carbons (Fsp3) is 0.941. The quantitative estimate of drug-likeness (QED) is 0.687. The third kappa shape index (κ3) is 3.36. The summed E-state index contributed by atoms with van der Waals surface area (Å²) in [6, 6.07) is 0. The maximum atomic E-state index is 12.3. The van der Waals surface area contributed by atoms with Gasteiger partial charge in [0.15, 0.2) is 0 Å². The number of carbonyl (C=O) groups excluding carboxylic acids is 1. The lowest BCUT2D eigenvalue weighted by atomic mass is 9.68. The van der Waals surface area contributed by atoms with Crippen molar-refractivity contribution in [1.29, 1.82) is 0 Å². The van der Waals surface area contributed by atoms with Crippen molar-refractivity contribution in [2.75, 3.05) is 0 Å². The first-order valence-corrected chi connectivity index (χ1v) is 8.27. The lowest BCUT2D eigenvalue weighted by Gasteiger charge is -2.36. The van der Waals surface area contributed by atoms with Gasteiger partial charge in [-0.3, -0.25) is 4.79 Å². The van der Waals surface area contributed by atoms with Crippen molar-refractivity contribution in [3.8, 4) is 0 Å². The number of carbonyl (C=O) groups is 1. The Balaban J connectivity index is 1.81. The predicted octanol–water partition coefficient (Wildman–Crippen LogP) is 4.99. The van der Waals surface area contributed by atoms with E-state index in [4.69, 9.17) is 0 Å². The monoisotopic (exact) mass is 250 g/mol. The van der Waals surface area contributed by atoms with Crippen LogP contribution in [0.25, 0.3) is 0 Å². The topological polar surface area (TPSA) is 17.1 Å². The molecule has 2 fully saturated rings. The van der Waals surface area contributed by atoms with Gasteiger partial charge in [0.1, 0.15) is 5.78 Å². The van der Waals surface area contributed by atoms with Gasteiger partial charge in [-0.05, 0) is 43.4 Å². The molecule has 104 valence electrons. The molecular weight excluding hydrogens is 220 g/mol. The Labute approximate surface area is 113 Å². The zero-order chi connectivity index (χ0) is 13.0. The van der Waals surface area contributed by atoms with Gasteiger partial charge in [-0.2, -0.15) is 0 Å². The largest absolute Gasteiger partial charge is 0.299 e. The Morgan fingerprint density at radius 2 is 1.61 bits per heavy atom. The third-order valence-electron chi connectivity index (χ3n) is 5.52. The molecule has 18 heavy (non-hydrogen) atoms. The summed E-state index contributed by atoms with van der Waals surface area (Å²) in [4.78, 5) is 12.3. The molecule has 1 nitrogen and oxygen atoms in total. The van der Waals surface area contributed by atoms with Gasteiger partial charge in [-0.25, -0.2) is 0 Å². The average Bonchev–Trinajstić information content (AvgIpc) is 2.40. The lowest BCUT2D eigenvalue weighted by molar-refractivity contribution is -0.128. The minimum atomic E-state index is 0.440. The van der Waals surface area contributed by atoms with E-state index in [0.29, 0.717) is 17.6 Å². The van der Waals surface area contributed by atoms with Crippen molar-refractivity contribution in [3.05, 3.63) is 0 Å². The standard InChI is InChI=1S/C17H30O/c1-3-5-14-6-9-15(10-7-14)16-11-8-13(4-2)12-17(16)18/h13-16H,3-12H2,1-2H3. The second-order valence-electron chi connectivity index (χ2n) is 6.70. The van der Waals surface area contributed by atoms with Gasteiger partial charge in [-0.1, -0.05) is 46.0 Å². The van der Waals surface area contributed by atoms with Crippen LogP contribution in [0.5, 0.6) is 0 Å². The van der Waals surface area contributed by atoms with E-state index in [0.717, 1.165) is 18.3 Å². The maximum absolute atomic E-state index is 12.3. The Morgan fingerprint density at radius 1 is 0.944 bits per heavy atom. The molecule has 2 unspecified atom stereocenters. The molecule has 2 rings (SSSR count). The van der Waals surface area contributed by atoms with Crippen LogP contribution in [0.2, 0.25) is 0 Å². The molecule has 0 aromatic carbocycles. The highest BCUT2D eigenvalue weighted by Gasteiger charge is 2.35. The molecule has 0 aliphatic heterocycles. The van der Waals surface area contributed by atoms with Gasteiger partial charge in [0.25, 0.3) is 0 Å². The average molecular weight is 250 g/mol. The molecule has 0 saturated heterocycles. The van der Waals surface area contributed by atoms with E-state index in [1.807, 2.05) is 0 Å². The SMILES string of the molecule is CCCC1CCC(C2CCC(CC)CC2=O)CC1. The van der Waals surface area contributed by atoms with E-state index in [-0.39, 0.29) is 0 Å². The highest BCUT2D eigenvalue weighted by molar-refractivity contribution is 5.82. The highest BCUT2D eigenvalue weighted by Crippen LogP contribution is 2.41. The molecule has 0 amide bonds.